The van der Waals surface area contributed by atoms with Crippen LogP contribution in [0.4, 0.5) is 5.95 Å². The standard InChI is InChI=1S/C19H21BrN6O2/c1-12(2)11-26-15-16(25(3)19(28)23-17(15)27)22-18(26)24-21-10-14(20)9-13-7-5-4-6-8-13/h4-10,12H,11H2,1-3H3,(H,22,24)(H,23,27,28)/b14-9-,21-10?. The van der Waals surface area contributed by atoms with Crippen molar-refractivity contribution in [2.24, 2.45) is 18.1 Å². The zero-order valence-corrected chi connectivity index (χ0v) is 17.4. The minimum atomic E-state index is -0.504. The molecular formula is C19H21BrN6O2. The number of aryl methyl sites for hydroxylation is 1. The smallest absolute Gasteiger partial charge is 0.303 e. The number of hydrogen-bond acceptors (Lipinski definition) is 5. The summed E-state index contributed by atoms with van der Waals surface area (Å²) in [4.78, 5) is 30.9. The fourth-order valence-corrected chi connectivity index (χ4v) is 3.13. The predicted octanol–water partition coefficient (Wildman–Crippen LogP) is 2.91. The van der Waals surface area contributed by atoms with Crippen molar-refractivity contribution in [1.82, 2.24) is 19.1 Å². The molecule has 3 rings (SSSR count). The van der Waals surface area contributed by atoms with Gasteiger partial charge in [-0.3, -0.25) is 14.3 Å². The third-order valence-electron chi connectivity index (χ3n) is 4.01. The second kappa shape index (κ2) is 8.39. The Kier molecular flexibility index (Phi) is 5.93. The molecule has 0 saturated carbocycles. The van der Waals surface area contributed by atoms with Crippen LogP contribution in [0.5, 0.6) is 0 Å². The Balaban J connectivity index is 1.95. The van der Waals surface area contributed by atoms with Gasteiger partial charge in [-0.2, -0.15) is 10.1 Å². The van der Waals surface area contributed by atoms with Gasteiger partial charge in [-0.25, -0.2) is 10.2 Å². The number of anilines is 1. The number of hydrazone groups is 1. The fourth-order valence-electron chi connectivity index (χ4n) is 2.76. The number of benzene rings is 1. The number of aromatic nitrogens is 4. The molecule has 2 N–H and O–H groups in total. The summed E-state index contributed by atoms with van der Waals surface area (Å²) in [5.41, 5.74) is 3.60. The Morgan fingerprint density at radius 2 is 2.04 bits per heavy atom. The zero-order chi connectivity index (χ0) is 20.3. The summed E-state index contributed by atoms with van der Waals surface area (Å²) < 4.78 is 3.82. The average molecular weight is 445 g/mol. The number of allylic oxidation sites excluding steroid dienone is 1. The van der Waals surface area contributed by atoms with E-state index in [-0.39, 0.29) is 5.92 Å². The molecular weight excluding hydrogens is 424 g/mol. The van der Waals surface area contributed by atoms with Gasteiger partial charge in [0.2, 0.25) is 5.95 Å². The van der Waals surface area contributed by atoms with Crippen molar-refractivity contribution in [3.8, 4) is 0 Å². The van der Waals surface area contributed by atoms with Gasteiger partial charge >= 0.3 is 5.69 Å². The van der Waals surface area contributed by atoms with Crippen LogP contribution in [0.25, 0.3) is 17.2 Å². The molecule has 28 heavy (non-hydrogen) atoms. The van der Waals surface area contributed by atoms with Crippen molar-refractivity contribution in [3.05, 3.63) is 61.2 Å². The quantitative estimate of drug-likeness (QED) is 0.451. The van der Waals surface area contributed by atoms with E-state index in [9.17, 15) is 9.59 Å². The molecule has 2 heterocycles. The molecule has 0 aliphatic carbocycles. The third-order valence-corrected chi connectivity index (χ3v) is 4.45. The first-order valence-electron chi connectivity index (χ1n) is 8.77. The second-order valence-electron chi connectivity index (χ2n) is 6.74. The second-order valence-corrected chi connectivity index (χ2v) is 7.66. The Morgan fingerprint density at radius 3 is 2.71 bits per heavy atom. The molecule has 0 radical (unpaired) electrons. The lowest BCUT2D eigenvalue weighted by Crippen LogP contribution is -2.29. The van der Waals surface area contributed by atoms with E-state index in [1.54, 1.807) is 17.8 Å². The van der Waals surface area contributed by atoms with Gasteiger partial charge in [-0.05, 0) is 33.5 Å². The number of aromatic amines is 1. The lowest BCUT2D eigenvalue weighted by Gasteiger charge is -2.10. The van der Waals surface area contributed by atoms with Gasteiger partial charge in [-0.1, -0.05) is 44.2 Å². The Bertz CT molecular complexity index is 1150. The first-order chi connectivity index (χ1) is 13.4. The Hall–Kier alpha value is -2.94. The zero-order valence-electron chi connectivity index (χ0n) is 15.8. The van der Waals surface area contributed by atoms with Crippen molar-refractivity contribution in [3.63, 3.8) is 0 Å². The highest BCUT2D eigenvalue weighted by molar-refractivity contribution is 9.12. The van der Waals surface area contributed by atoms with E-state index in [0.717, 1.165) is 10.0 Å². The van der Waals surface area contributed by atoms with E-state index >= 15 is 0 Å². The fraction of sp³-hybridized carbons (Fsp3) is 0.263. The summed E-state index contributed by atoms with van der Waals surface area (Å²) in [6.45, 7) is 4.62. The maximum atomic E-state index is 12.3. The molecule has 0 atom stereocenters. The van der Waals surface area contributed by atoms with E-state index in [4.69, 9.17) is 0 Å². The van der Waals surface area contributed by atoms with Crippen LogP contribution in [0.15, 0.2) is 49.5 Å². The number of H-pyrrole nitrogens is 1. The largest absolute Gasteiger partial charge is 0.329 e. The molecule has 146 valence electrons. The van der Waals surface area contributed by atoms with Crippen LogP contribution in [0.3, 0.4) is 0 Å². The molecule has 1 aromatic carbocycles. The number of rotatable bonds is 6. The number of hydrogen-bond donors (Lipinski definition) is 2. The first kappa shape index (κ1) is 19.8. The number of nitrogens with one attached hydrogen (secondary N) is 2. The number of halogens is 1. The van der Waals surface area contributed by atoms with Gasteiger partial charge in [0.25, 0.3) is 5.56 Å². The van der Waals surface area contributed by atoms with E-state index < -0.39 is 11.2 Å². The number of nitrogens with zero attached hydrogens (tertiary/aromatic N) is 4. The average Bonchev–Trinajstić information content (AvgIpc) is 2.99. The van der Waals surface area contributed by atoms with Crippen LogP contribution < -0.4 is 16.7 Å². The molecule has 0 unspecified atom stereocenters. The van der Waals surface area contributed by atoms with Gasteiger partial charge in [0.15, 0.2) is 11.2 Å². The normalized spacial score (nSPS) is 12.4. The molecule has 3 aromatic rings. The monoisotopic (exact) mass is 444 g/mol. The maximum Gasteiger partial charge on any atom is 0.329 e. The number of imidazole rings is 1. The molecule has 0 spiro atoms. The van der Waals surface area contributed by atoms with Gasteiger partial charge in [0.05, 0.1) is 6.21 Å². The molecule has 0 aliphatic rings. The Morgan fingerprint density at radius 1 is 1.32 bits per heavy atom. The topological polar surface area (TPSA) is 97.1 Å². The van der Waals surface area contributed by atoms with Crippen LogP contribution in [0.1, 0.15) is 19.4 Å². The van der Waals surface area contributed by atoms with Crippen LogP contribution in [-0.2, 0) is 13.6 Å². The molecule has 0 bridgehead atoms. The molecule has 0 amide bonds. The third kappa shape index (κ3) is 4.30. The predicted molar refractivity (Wildman–Crippen MR) is 116 cm³/mol. The highest BCUT2D eigenvalue weighted by Gasteiger charge is 2.17. The van der Waals surface area contributed by atoms with Crippen LogP contribution in [0.2, 0.25) is 0 Å². The minimum Gasteiger partial charge on any atom is -0.303 e. The van der Waals surface area contributed by atoms with Gasteiger partial charge in [-0.15, -0.1) is 0 Å². The lowest BCUT2D eigenvalue weighted by molar-refractivity contribution is 0.535. The SMILES string of the molecule is CC(C)Cn1c(NN=C/C(Br)=C/c2ccccc2)nc2c1c(=O)[nH]c(=O)n2C. The summed E-state index contributed by atoms with van der Waals surface area (Å²) in [5.74, 6) is 0.662. The molecule has 8 nitrogen and oxygen atoms in total. The first-order valence-corrected chi connectivity index (χ1v) is 9.57. The molecule has 0 aliphatic heterocycles. The summed E-state index contributed by atoms with van der Waals surface area (Å²) in [6.07, 6.45) is 3.53. The highest BCUT2D eigenvalue weighted by Crippen LogP contribution is 2.17. The van der Waals surface area contributed by atoms with E-state index in [2.05, 4.69) is 36.4 Å². The van der Waals surface area contributed by atoms with E-state index in [1.165, 1.54) is 4.57 Å². The maximum absolute atomic E-state index is 12.3. The van der Waals surface area contributed by atoms with Crippen LogP contribution in [0, 0.1) is 5.92 Å². The van der Waals surface area contributed by atoms with Gasteiger partial charge in [0.1, 0.15) is 0 Å². The molecule has 0 saturated heterocycles. The lowest BCUT2D eigenvalue weighted by atomic mass is 10.2. The summed E-state index contributed by atoms with van der Waals surface area (Å²) in [6, 6.07) is 9.83. The van der Waals surface area contributed by atoms with Crippen molar-refractivity contribution in [2.75, 3.05) is 5.43 Å². The summed E-state index contributed by atoms with van der Waals surface area (Å²) >= 11 is 3.46. The van der Waals surface area contributed by atoms with Crippen LogP contribution in [-0.4, -0.2) is 25.3 Å². The molecule has 2 aromatic heterocycles. The van der Waals surface area contributed by atoms with Crippen LogP contribution >= 0.6 is 15.9 Å². The van der Waals surface area contributed by atoms with Crippen molar-refractivity contribution >= 4 is 45.3 Å². The molecule has 9 heteroatoms. The summed E-state index contributed by atoms with van der Waals surface area (Å²) in [5, 5.41) is 4.21. The number of fused-ring (bicyclic) bond motifs is 1. The van der Waals surface area contributed by atoms with Crippen molar-refractivity contribution in [1.29, 1.82) is 0 Å². The summed E-state index contributed by atoms with van der Waals surface area (Å²) in [7, 11) is 1.57. The highest BCUT2D eigenvalue weighted by atomic mass is 79.9. The van der Waals surface area contributed by atoms with Crippen molar-refractivity contribution in [2.45, 2.75) is 20.4 Å². The van der Waals surface area contributed by atoms with Gasteiger partial charge < -0.3 is 4.57 Å². The minimum absolute atomic E-state index is 0.267. The van der Waals surface area contributed by atoms with Crippen molar-refractivity contribution < 1.29 is 0 Å². The van der Waals surface area contributed by atoms with E-state index in [1.807, 2.05) is 50.3 Å². The van der Waals surface area contributed by atoms with Gasteiger partial charge in [0, 0.05) is 18.1 Å². The molecule has 0 fully saturated rings. The van der Waals surface area contributed by atoms with E-state index in [0.29, 0.717) is 23.7 Å². The Labute approximate surface area is 169 Å².